The Kier molecular flexibility index (Phi) is 3.47. The average molecular weight is 188 g/mol. The molecule has 0 aromatic heterocycles. The number of hydrogen-bond acceptors (Lipinski definition) is 3. The van der Waals surface area contributed by atoms with Gasteiger partial charge in [0.2, 0.25) is 0 Å². The first-order valence-corrected chi connectivity index (χ1v) is 4.81. The van der Waals surface area contributed by atoms with Crippen molar-refractivity contribution in [2.75, 3.05) is 0 Å². The van der Waals surface area contributed by atoms with Gasteiger partial charge in [-0.25, -0.2) is 0 Å². The number of ether oxygens (including phenoxy) is 2. The number of hydrogen-bond donors (Lipinski definition) is 0. The minimum absolute atomic E-state index is 0.265. The monoisotopic (exact) mass is 188 g/mol. The molecule has 1 aliphatic heterocycles. The smallest absolute Gasteiger partial charge is 0.157 e. The molecule has 0 N–H and O–H groups in total. The molecular formula is C9H16O2S. The lowest BCUT2D eigenvalue weighted by molar-refractivity contribution is -0.0746. The van der Waals surface area contributed by atoms with E-state index in [1.165, 1.54) is 0 Å². The van der Waals surface area contributed by atoms with Crippen molar-refractivity contribution in [3.63, 3.8) is 0 Å². The third-order valence-corrected chi connectivity index (χ3v) is 2.08. The second kappa shape index (κ2) is 4.19. The largest absolute Gasteiger partial charge is 0.484 e. The first kappa shape index (κ1) is 9.93. The van der Waals surface area contributed by atoms with Gasteiger partial charge in [-0.05, 0) is 26.1 Å². The van der Waals surface area contributed by atoms with Gasteiger partial charge in [0, 0.05) is 19.8 Å². The summed E-state index contributed by atoms with van der Waals surface area (Å²) in [6.07, 6.45) is 2.78. The zero-order chi connectivity index (χ0) is 9.14. The van der Waals surface area contributed by atoms with Crippen LogP contribution < -0.4 is 0 Å². The molecule has 0 aliphatic carbocycles. The van der Waals surface area contributed by atoms with Gasteiger partial charge in [0.25, 0.3) is 0 Å². The minimum Gasteiger partial charge on any atom is -0.484 e. The van der Waals surface area contributed by atoms with Crippen molar-refractivity contribution < 1.29 is 9.47 Å². The molecule has 0 amide bonds. The second-order valence-electron chi connectivity index (χ2n) is 3.46. The SMILES string of the molecule is CC(=S)OC1CC(C)O[C@@H](C)C1. The van der Waals surface area contributed by atoms with Crippen LogP contribution in [0, 0.1) is 0 Å². The van der Waals surface area contributed by atoms with Crippen molar-refractivity contribution >= 4 is 17.3 Å². The van der Waals surface area contributed by atoms with Crippen LogP contribution in [0.15, 0.2) is 0 Å². The molecule has 3 atom stereocenters. The maximum atomic E-state index is 5.57. The molecule has 0 saturated carbocycles. The van der Waals surface area contributed by atoms with E-state index in [9.17, 15) is 0 Å². The lowest BCUT2D eigenvalue weighted by Gasteiger charge is -2.31. The molecule has 0 bridgehead atoms. The molecule has 0 radical (unpaired) electrons. The van der Waals surface area contributed by atoms with Crippen molar-refractivity contribution in [3.8, 4) is 0 Å². The van der Waals surface area contributed by atoms with Crippen LogP contribution in [0.2, 0.25) is 0 Å². The van der Waals surface area contributed by atoms with Crippen LogP contribution in [0.4, 0.5) is 0 Å². The fourth-order valence-corrected chi connectivity index (χ4v) is 1.81. The van der Waals surface area contributed by atoms with Gasteiger partial charge >= 0.3 is 0 Å². The Bertz CT molecular complexity index is 160. The molecule has 2 nitrogen and oxygen atoms in total. The van der Waals surface area contributed by atoms with Crippen molar-refractivity contribution in [1.29, 1.82) is 0 Å². The van der Waals surface area contributed by atoms with Gasteiger partial charge in [0.1, 0.15) is 6.10 Å². The van der Waals surface area contributed by atoms with Crippen LogP contribution in [-0.4, -0.2) is 23.4 Å². The second-order valence-corrected chi connectivity index (χ2v) is 4.04. The minimum atomic E-state index is 0.265. The molecule has 1 heterocycles. The highest BCUT2D eigenvalue weighted by atomic mass is 32.1. The van der Waals surface area contributed by atoms with E-state index in [-0.39, 0.29) is 6.10 Å². The maximum Gasteiger partial charge on any atom is 0.157 e. The molecule has 70 valence electrons. The Hall–Kier alpha value is -0.150. The Labute approximate surface area is 79.2 Å². The van der Waals surface area contributed by atoms with Crippen LogP contribution in [-0.2, 0) is 9.47 Å². The molecular weight excluding hydrogens is 172 g/mol. The summed E-state index contributed by atoms with van der Waals surface area (Å²) < 4.78 is 11.1. The number of rotatable bonds is 1. The molecule has 0 spiro atoms. The maximum absolute atomic E-state index is 5.57. The predicted octanol–water partition coefficient (Wildman–Crippen LogP) is 2.31. The highest BCUT2D eigenvalue weighted by Crippen LogP contribution is 2.21. The predicted molar refractivity (Wildman–Crippen MR) is 52.4 cm³/mol. The topological polar surface area (TPSA) is 18.5 Å². The van der Waals surface area contributed by atoms with Crippen molar-refractivity contribution in [2.45, 2.75) is 51.9 Å². The summed E-state index contributed by atoms with van der Waals surface area (Å²) in [6, 6.07) is 0. The van der Waals surface area contributed by atoms with Gasteiger partial charge in [-0.3, -0.25) is 0 Å². The molecule has 12 heavy (non-hydrogen) atoms. The van der Waals surface area contributed by atoms with Gasteiger partial charge in [0.15, 0.2) is 5.05 Å². The van der Waals surface area contributed by atoms with Crippen LogP contribution in [0.3, 0.4) is 0 Å². The van der Waals surface area contributed by atoms with Crippen molar-refractivity contribution in [1.82, 2.24) is 0 Å². The third kappa shape index (κ3) is 3.07. The first-order valence-electron chi connectivity index (χ1n) is 4.40. The molecule has 3 heteroatoms. The summed E-state index contributed by atoms with van der Waals surface area (Å²) in [5.74, 6) is 0. The zero-order valence-corrected chi connectivity index (χ0v) is 8.69. The van der Waals surface area contributed by atoms with Gasteiger partial charge < -0.3 is 9.47 Å². The molecule has 1 saturated heterocycles. The fourth-order valence-electron chi connectivity index (χ4n) is 1.68. The Balaban J connectivity index is 2.38. The van der Waals surface area contributed by atoms with Gasteiger partial charge in [-0.2, -0.15) is 0 Å². The lowest BCUT2D eigenvalue weighted by Crippen LogP contribution is -2.34. The summed E-state index contributed by atoms with van der Waals surface area (Å²) in [6.45, 7) is 5.97. The molecule has 1 fully saturated rings. The fraction of sp³-hybridized carbons (Fsp3) is 0.889. The quantitative estimate of drug-likeness (QED) is 0.588. The van der Waals surface area contributed by atoms with E-state index in [0.717, 1.165) is 12.8 Å². The third-order valence-electron chi connectivity index (χ3n) is 1.99. The van der Waals surface area contributed by atoms with E-state index < -0.39 is 0 Å². The van der Waals surface area contributed by atoms with Gasteiger partial charge in [-0.1, -0.05) is 0 Å². The molecule has 1 rings (SSSR count). The van der Waals surface area contributed by atoms with E-state index in [1.54, 1.807) is 0 Å². The summed E-state index contributed by atoms with van der Waals surface area (Å²) in [5, 5.41) is 0.640. The van der Waals surface area contributed by atoms with E-state index >= 15 is 0 Å². The first-order chi connectivity index (χ1) is 5.58. The Morgan fingerprint density at radius 1 is 1.33 bits per heavy atom. The molecule has 2 unspecified atom stereocenters. The van der Waals surface area contributed by atoms with Crippen LogP contribution in [0.5, 0.6) is 0 Å². The zero-order valence-electron chi connectivity index (χ0n) is 7.87. The summed E-state index contributed by atoms with van der Waals surface area (Å²) in [5.41, 5.74) is 0. The van der Waals surface area contributed by atoms with Gasteiger partial charge in [0.05, 0.1) is 12.2 Å². The van der Waals surface area contributed by atoms with Crippen LogP contribution in [0.25, 0.3) is 0 Å². The van der Waals surface area contributed by atoms with E-state index in [4.69, 9.17) is 21.7 Å². The van der Waals surface area contributed by atoms with E-state index in [2.05, 4.69) is 13.8 Å². The normalized spacial score (nSPS) is 36.1. The standard InChI is InChI=1S/C9H16O2S/c1-6-4-9(11-8(3)12)5-7(2)10-6/h6-7,9H,4-5H2,1-3H3/t6-,7?,9?/m0/s1. The van der Waals surface area contributed by atoms with E-state index in [1.807, 2.05) is 6.92 Å². The number of thiocarbonyl (C=S) groups is 1. The Morgan fingerprint density at radius 2 is 1.83 bits per heavy atom. The Morgan fingerprint density at radius 3 is 2.25 bits per heavy atom. The summed E-state index contributed by atoms with van der Waals surface area (Å²) in [4.78, 5) is 0. The summed E-state index contributed by atoms with van der Waals surface area (Å²) >= 11 is 4.89. The van der Waals surface area contributed by atoms with Crippen molar-refractivity contribution in [2.24, 2.45) is 0 Å². The highest BCUT2D eigenvalue weighted by Gasteiger charge is 2.25. The molecule has 0 aromatic carbocycles. The molecule has 1 aliphatic rings. The lowest BCUT2D eigenvalue weighted by atomic mass is 10.0. The average Bonchev–Trinajstić information content (AvgIpc) is 1.81. The van der Waals surface area contributed by atoms with Crippen molar-refractivity contribution in [3.05, 3.63) is 0 Å². The van der Waals surface area contributed by atoms with E-state index in [0.29, 0.717) is 17.3 Å². The highest BCUT2D eigenvalue weighted by molar-refractivity contribution is 7.80. The molecule has 0 aromatic rings. The van der Waals surface area contributed by atoms with Gasteiger partial charge in [-0.15, -0.1) is 0 Å². The van der Waals surface area contributed by atoms with Crippen LogP contribution in [0.1, 0.15) is 33.6 Å². The van der Waals surface area contributed by atoms with Crippen LogP contribution >= 0.6 is 12.2 Å². The summed E-state index contributed by atoms with van der Waals surface area (Å²) in [7, 11) is 0.